The average Bonchev–Trinajstić information content (AvgIpc) is 2.79. The Bertz CT molecular complexity index is 1090. The van der Waals surface area contributed by atoms with Crippen molar-refractivity contribution >= 4 is 11.4 Å². The molecule has 5 nitrogen and oxygen atoms in total. The van der Waals surface area contributed by atoms with Crippen molar-refractivity contribution in [2.45, 2.75) is 44.3 Å². The Morgan fingerprint density at radius 2 is 1.50 bits per heavy atom. The first-order valence-corrected chi connectivity index (χ1v) is 12.4. The molecule has 0 bridgehead atoms. The highest BCUT2D eigenvalue weighted by molar-refractivity contribution is 7.90. The highest BCUT2D eigenvalue weighted by atomic mass is 32.2. The molecule has 0 aromatic heterocycles. The quantitative estimate of drug-likeness (QED) is 0.421. The second-order valence-corrected chi connectivity index (χ2v) is 11.4. The van der Waals surface area contributed by atoms with E-state index in [1.54, 1.807) is 6.07 Å². The lowest BCUT2D eigenvalue weighted by Gasteiger charge is -2.43. The number of halogens is 1. The summed E-state index contributed by atoms with van der Waals surface area (Å²) in [4.78, 5) is 0. The van der Waals surface area contributed by atoms with Crippen LogP contribution < -0.4 is 14.2 Å². The van der Waals surface area contributed by atoms with Crippen LogP contribution in [0.25, 0.3) is 0 Å². The predicted octanol–water partition coefficient (Wildman–Crippen LogP) is 5.26. The van der Waals surface area contributed by atoms with Gasteiger partial charge in [-0.2, -0.15) is 0 Å². The summed E-state index contributed by atoms with van der Waals surface area (Å²) in [5.41, 5.74) is 1.28. The van der Waals surface area contributed by atoms with Gasteiger partial charge < -0.3 is 18.8 Å². The van der Waals surface area contributed by atoms with E-state index in [1.165, 1.54) is 6.07 Å². The molecule has 1 unspecified atom stereocenters. The number of benzene rings is 3. The Balaban J connectivity index is 1.65. The van der Waals surface area contributed by atoms with Crippen molar-refractivity contribution in [3.05, 3.63) is 95.3 Å². The van der Waals surface area contributed by atoms with Gasteiger partial charge in [0, 0.05) is 23.5 Å². The summed E-state index contributed by atoms with van der Waals surface area (Å²) < 4.78 is 48.7. The summed E-state index contributed by atoms with van der Waals surface area (Å²) in [5.74, 6) is 0.212. The van der Waals surface area contributed by atoms with Gasteiger partial charge in [0.05, 0.1) is 18.8 Å². The van der Waals surface area contributed by atoms with Crippen LogP contribution in [0.5, 0.6) is 11.5 Å². The van der Waals surface area contributed by atoms with E-state index < -0.39 is 27.5 Å². The van der Waals surface area contributed by atoms with E-state index in [2.05, 4.69) is 4.72 Å². The van der Waals surface area contributed by atoms with Gasteiger partial charge in [-0.25, -0.2) is 4.39 Å². The van der Waals surface area contributed by atoms with E-state index in [0.717, 1.165) is 11.1 Å². The minimum Gasteiger partial charge on any atom is -0.598 e. The SMILES string of the molecule is CC(C)(C)[S+]([O-])NC1(c2c(F)cc(OCc3ccccc3)cc2OCc2ccccc2)COC1. The van der Waals surface area contributed by atoms with Crippen LogP contribution in [0.1, 0.15) is 37.5 Å². The fraction of sp³-hybridized carbons (Fsp3) is 0.333. The molecule has 4 rings (SSSR count). The second kappa shape index (κ2) is 10.4. The normalized spacial score (nSPS) is 15.9. The zero-order valence-corrected chi connectivity index (χ0v) is 20.5. The maximum Gasteiger partial charge on any atom is 0.141 e. The van der Waals surface area contributed by atoms with Crippen LogP contribution in [0.2, 0.25) is 0 Å². The Morgan fingerprint density at radius 3 is 2.00 bits per heavy atom. The smallest absolute Gasteiger partial charge is 0.141 e. The molecule has 34 heavy (non-hydrogen) atoms. The molecule has 1 aliphatic rings. The lowest BCUT2D eigenvalue weighted by atomic mass is 9.87. The molecule has 0 amide bonds. The van der Waals surface area contributed by atoms with Gasteiger partial charge in [-0.1, -0.05) is 60.7 Å². The minimum atomic E-state index is -1.43. The van der Waals surface area contributed by atoms with Crippen molar-refractivity contribution in [2.75, 3.05) is 13.2 Å². The zero-order chi connectivity index (χ0) is 24.2. The maximum absolute atomic E-state index is 15.7. The summed E-state index contributed by atoms with van der Waals surface area (Å²) in [5, 5.41) is 0. The molecule has 0 radical (unpaired) electrons. The minimum absolute atomic E-state index is 0.192. The number of hydrogen-bond acceptors (Lipinski definition) is 5. The summed E-state index contributed by atoms with van der Waals surface area (Å²) in [6, 6.07) is 22.4. The molecule has 3 aromatic carbocycles. The van der Waals surface area contributed by atoms with Crippen molar-refractivity contribution in [3.63, 3.8) is 0 Å². The standard InChI is InChI=1S/C27H30FNO4S/c1-26(2,3)34(30)29-27(18-31-19-27)25-23(28)14-22(32-16-20-10-6-4-7-11-20)15-24(25)33-17-21-12-8-5-9-13-21/h4-15,29H,16-19H2,1-3H3. The molecule has 180 valence electrons. The van der Waals surface area contributed by atoms with Crippen molar-refractivity contribution in [1.82, 2.24) is 4.72 Å². The molecular weight excluding hydrogens is 453 g/mol. The first-order valence-electron chi connectivity index (χ1n) is 11.2. The molecule has 1 N–H and O–H groups in total. The summed E-state index contributed by atoms with van der Waals surface area (Å²) in [6.07, 6.45) is 0. The summed E-state index contributed by atoms with van der Waals surface area (Å²) >= 11 is -1.43. The van der Waals surface area contributed by atoms with Crippen LogP contribution in [-0.4, -0.2) is 22.5 Å². The van der Waals surface area contributed by atoms with Crippen molar-refractivity contribution < 1.29 is 23.2 Å². The van der Waals surface area contributed by atoms with Gasteiger partial charge in [0.1, 0.15) is 40.8 Å². The van der Waals surface area contributed by atoms with Crippen LogP contribution in [0.15, 0.2) is 72.8 Å². The molecular formula is C27H30FNO4S. The lowest BCUT2D eigenvalue weighted by Crippen LogP contribution is -2.62. The third kappa shape index (κ3) is 5.73. The van der Waals surface area contributed by atoms with Gasteiger partial charge in [0.25, 0.3) is 0 Å². The molecule has 3 aromatic rings. The zero-order valence-electron chi connectivity index (χ0n) is 19.7. The number of rotatable bonds is 9. The van der Waals surface area contributed by atoms with Gasteiger partial charge in [-0.15, -0.1) is 4.72 Å². The molecule has 1 aliphatic heterocycles. The van der Waals surface area contributed by atoms with Gasteiger partial charge in [-0.3, -0.25) is 0 Å². The van der Waals surface area contributed by atoms with Crippen molar-refractivity contribution in [3.8, 4) is 11.5 Å². The molecule has 1 atom stereocenters. The Morgan fingerprint density at radius 1 is 0.941 bits per heavy atom. The molecule has 0 saturated carbocycles. The van der Waals surface area contributed by atoms with Crippen LogP contribution in [0.4, 0.5) is 4.39 Å². The molecule has 7 heteroatoms. The number of ether oxygens (including phenoxy) is 3. The second-order valence-electron chi connectivity index (χ2n) is 9.38. The molecule has 1 heterocycles. The first kappa shape index (κ1) is 24.5. The predicted molar refractivity (Wildman–Crippen MR) is 131 cm³/mol. The molecule has 0 aliphatic carbocycles. The van der Waals surface area contributed by atoms with Gasteiger partial charge in [0.2, 0.25) is 0 Å². The molecule has 1 saturated heterocycles. The van der Waals surface area contributed by atoms with E-state index in [4.69, 9.17) is 14.2 Å². The van der Waals surface area contributed by atoms with Crippen LogP contribution in [0.3, 0.4) is 0 Å². The van der Waals surface area contributed by atoms with Gasteiger partial charge in [0.15, 0.2) is 0 Å². The fourth-order valence-electron chi connectivity index (χ4n) is 3.59. The Labute approximate surface area is 203 Å². The molecule has 1 fully saturated rings. The van der Waals surface area contributed by atoms with Crippen LogP contribution >= 0.6 is 0 Å². The summed E-state index contributed by atoms with van der Waals surface area (Å²) in [6.45, 7) is 6.55. The van der Waals surface area contributed by atoms with Gasteiger partial charge in [-0.05, 0) is 31.9 Å². The van der Waals surface area contributed by atoms with Crippen LogP contribution in [-0.2, 0) is 34.9 Å². The highest BCUT2D eigenvalue weighted by Crippen LogP contribution is 2.42. The Hall–Kier alpha value is -2.58. The largest absolute Gasteiger partial charge is 0.598 e. The maximum atomic E-state index is 15.7. The lowest BCUT2D eigenvalue weighted by molar-refractivity contribution is -0.0694. The summed E-state index contributed by atoms with van der Waals surface area (Å²) in [7, 11) is 0. The van der Waals surface area contributed by atoms with E-state index >= 15 is 4.39 Å². The fourth-order valence-corrected chi connectivity index (χ4v) is 4.47. The van der Waals surface area contributed by atoms with Crippen molar-refractivity contribution in [2.24, 2.45) is 0 Å². The van der Waals surface area contributed by atoms with Crippen molar-refractivity contribution in [1.29, 1.82) is 0 Å². The average molecular weight is 484 g/mol. The van der Waals surface area contributed by atoms with E-state index in [0.29, 0.717) is 23.7 Å². The number of nitrogens with one attached hydrogen (secondary N) is 1. The van der Waals surface area contributed by atoms with E-state index in [1.807, 2.05) is 81.4 Å². The van der Waals surface area contributed by atoms with Crippen LogP contribution in [0, 0.1) is 5.82 Å². The van der Waals surface area contributed by atoms with E-state index in [9.17, 15) is 4.55 Å². The third-order valence-corrected chi connectivity index (χ3v) is 7.22. The van der Waals surface area contributed by atoms with E-state index in [-0.39, 0.29) is 19.8 Å². The van der Waals surface area contributed by atoms with Gasteiger partial charge >= 0.3 is 0 Å². The molecule has 0 spiro atoms. The monoisotopic (exact) mass is 483 g/mol. The first-order chi connectivity index (χ1) is 16.3. The topological polar surface area (TPSA) is 62.8 Å². The third-order valence-electron chi connectivity index (χ3n) is 5.53. The number of hydrogen-bond donors (Lipinski definition) is 1. The Kier molecular flexibility index (Phi) is 7.48. The highest BCUT2D eigenvalue weighted by Gasteiger charge is 2.50.